The number of nitrogens with zero attached hydrogens (tertiary/aromatic N) is 3. The van der Waals surface area contributed by atoms with Gasteiger partial charge >= 0.3 is 5.97 Å². The van der Waals surface area contributed by atoms with Crippen LogP contribution < -0.4 is 9.80 Å². The summed E-state index contributed by atoms with van der Waals surface area (Å²) in [6.45, 7) is 14.5. The number of amides is 2. The Kier molecular flexibility index (Phi) is 11.2. The lowest BCUT2D eigenvalue weighted by Gasteiger charge is -2.38. The summed E-state index contributed by atoms with van der Waals surface area (Å²) in [6.07, 6.45) is 6.97. The molecule has 4 rings (SSSR count). The molecule has 0 aromatic heterocycles. The number of carbonyl (C=O) groups is 3. The number of esters is 1. The Balaban J connectivity index is 1.71. The van der Waals surface area contributed by atoms with E-state index in [1.165, 1.54) is 6.08 Å². The van der Waals surface area contributed by atoms with Gasteiger partial charge < -0.3 is 24.5 Å². The van der Waals surface area contributed by atoms with Gasteiger partial charge in [-0.25, -0.2) is 0 Å². The Bertz CT molecular complexity index is 1150. The van der Waals surface area contributed by atoms with Gasteiger partial charge in [-0.3, -0.25) is 14.4 Å². The highest BCUT2D eigenvalue weighted by molar-refractivity contribution is 9.09. The van der Waals surface area contributed by atoms with Crippen LogP contribution in [-0.4, -0.2) is 88.0 Å². The number of aliphatic hydroxyl groups excluding tert-OH is 1. The summed E-state index contributed by atoms with van der Waals surface area (Å²) in [6, 6.07) is 7.26. The minimum Gasteiger partial charge on any atom is -0.461 e. The Morgan fingerprint density at radius 2 is 1.79 bits per heavy atom. The Hall–Kier alpha value is -2.30. The molecule has 1 spiro atoms. The van der Waals surface area contributed by atoms with Crippen LogP contribution in [0.2, 0.25) is 0 Å². The molecule has 0 radical (unpaired) electrons. The van der Waals surface area contributed by atoms with Gasteiger partial charge in [0, 0.05) is 54.2 Å². The summed E-state index contributed by atoms with van der Waals surface area (Å²) in [5, 5.41) is 9.04. The number of alkyl halides is 1. The molecule has 42 heavy (non-hydrogen) atoms. The Morgan fingerprint density at radius 1 is 1.12 bits per heavy atom. The van der Waals surface area contributed by atoms with Crippen LogP contribution in [0.1, 0.15) is 46.0 Å². The first-order chi connectivity index (χ1) is 20.3. The number of hydrogen-bond donors (Lipinski definition) is 1. The smallest absolute Gasteiger partial charge is 0.311 e. The van der Waals surface area contributed by atoms with Crippen LogP contribution in [0.3, 0.4) is 0 Å². The van der Waals surface area contributed by atoms with E-state index in [-0.39, 0.29) is 35.1 Å². The highest BCUT2D eigenvalue weighted by Gasteiger charge is 2.76. The molecular formula is C32H44BrN3O5S. The second-order valence-corrected chi connectivity index (χ2v) is 13.9. The zero-order chi connectivity index (χ0) is 30.4. The first-order valence-corrected chi connectivity index (χ1v) is 16.9. The van der Waals surface area contributed by atoms with E-state index in [1.807, 2.05) is 24.3 Å². The molecule has 3 unspecified atom stereocenters. The van der Waals surface area contributed by atoms with Crippen LogP contribution in [0.5, 0.6) is 0 Å². The maximum atomic E-state index is 14.7. The number of benzene rings is 1. The molecule has 3 fully saturated rings. The Labute approximate surface area is 262 Å². The van der Waals surface area contributed by atoms with Gasteiger partial charge in [0.25, 0.3) is 5.91 Å². The number of carbonyl (C=O) groups excluding carboxylic acids is 3. The second kappa shape index (κ2) is 14.4. The van der Waals surface area contributed by atoms with Gasteiger partial charge in [0.15, 0.2) is 0 Å². The minimum atomic E-state index is -0.740. The molecule has 2 amide bonds. The summed E-state index contributed by atoms with van der Waals surface area (Å²) in [7, 11) is 0. The van der Waals surface area contributed by atoms with E-state index in [2.05, 4.69) is 47.8 Å². The zero-order valence-electron chi connectivity index (χ0n) is 24.8. The largest absolute Gasteiger partial charge is 0.461 e. The topological polar surface area (TPSA) is 90.4 Å². The number of anilines is 2. The standard InChI is InChI=1S/C32H44BrN3O5S/c1-5-17-35(23-15-13-22(14-16-23)34(7-3)8-4)30(39)28-32-21-24(33)27(42-32)25(31(40)41-20-6-2)26(32)29(38)36(28)18-11-9-10-12-19-37/h5-6,13-16,24-28,37H,1-2,7-12,17-21H2,3-4H3/t24?,25-,26+,27-,28?,32?/m1/s1. The van der Waals surface area contributed by atoms with E-state index in [4.69, 9.17) is 4.74 Å². The van der Waals surface area contributed by atoms with Crippen LogP contribution in [0.25, 0.3) is 0 Å². The predicted octanol–water partition coefficient (Wildman–Crippen LogP) is 4.80. The molecule has 3 aliphatic heterocycles. The van der Waals surface area contributed by atoms with Gasteiger partial charge in [-0.1, -0.05) is 47.5 Å². The van der Waals surface area contributed by atoms with Gasteiger partial charge in [0.2, 0.25) is 5.91 Å². The van der Waals surface area contributed by atoms with E-state index < -0.39 is 28.6 Å². The van der Waals surface area contributed by atoms with Gasteiger partial charge in [-0.15, -0.1) is 18.3 Å². The SMILES string of the molecule is C=CCOC(=O)[C@H]1[C@@H]2SC3(CC2Br)C(C(=O)N(CC=C)c2ccc(N(CC)CC)cc2)N(CCCCCCO)C(=O)[C@H]13. The van der Waals surface area contributed by atoms with E-state index in [0.717, 1.165) is 43.7 Å². The number of thioether (sulfide) groups is 1. The van der Waals surface area contributed by atoms with Crippen LogP contribution in [-0.2, 0) is 19.1 Å². The summed E-state index contributed by atoms with van der Waals surface area (Å²) < 4.78 is 4.75. The number of likely N-dealkylation sites (tertiary alicyclic amines) is 1. The minimum absolute atomic E-state index is 0.0196. The van der Waals surface area contributed by atoms with Crippen molar-refractivity contribution in [1.29, 1.82) is 0 Å². The molecule has 1 N–H and O–H groups in total. The molecule has 8 nitrogen and oxygen atoms in total. The van der Waals surface area contributed by atoms with Crippen molar-refractivity contribution >= 4 is 56.9 Å². The van der Waals surface area contributed by atoms with Crippen molar-refractivity contribution < 1.29 is 24.2 Å². The third-order valence-corrected chi connectivity index (χ3v) is 12.0. The molecule has 1 aromatic rings. The first-order valence-electron chi connectivity index (χ1n) is 15.1. The fourth-order valence-corrected chi connectivity index (χ4v) is 10.5. The number of hydrogen-bond acceptors (Lipinski definition) is 7. The van der Waals surface area contributed by atoms with Gasteiger partial charge in [0.05, 0.1) is 16.6 Å². The maximum Gasteiger partial charge on any atom is 0.311 e. The van der Waals surface area contributed by atoms with Crippen molar-refractivity contribution in [2.24, 2.45) is 11.8 Å². The van der Waals surface area contributed by atoms with Crippen molar-refractivity contribution in [3.63, 3.8) is 0 Å². The van der Waals surface area contributed by atoms with Crippen molar-refractivity contribution in [2.75, 3.05) is 49.2 Å². The van der Waals surface area contributed by atoms with Gasteiger partial charge in [-0.2, -0.15) is 0 Å². The Morgan fingerprint density at radius 3 is 2.40 bits per heavy atom. The molecule has 0 saturated carbocycles. The van der Waals surface area contributed by atoms with E-state index in [9.17, 15) is 19.5 Å². The fourth-order valence-electron chi connectivity index (χ4n) is 6.93. The average molecular weight is 663 g/mol. The molecule has 1 aromatic carbocycles. The van der Waals surface area contributed by atoms with E-state index in [1.54, 1.807) is 27.6 Å². The number of aliphatic hydroxyl groups is 1. The molecular weight excluding hydrogens is 618 g/mol. The third-order valence-electron chi connectivity index (χ3n) is 8.81. The highest BCUT2D eigenvalue weighted by Crippen LogP contribution is 2.68. The van der Waals surface area contributed by atoms with Crippen molar-refractivity contribution in [3.05, 3.63) is 49.6 Å². The van der Waals surface area contributed by atoms with Crippen LogP contribution in [0.15, 0.2) is 49.6 Å². The van der Waals surface area contributed by atoms with E-state index in [0.29, 0.717) is 25.9 Å². The van der Waals surface area contributed by atoms with Crippen LogP contribution in [0, 0.1) is 11.8 Å². The van der Waals surface area contributed by atoms with Crippen LogP contribution in [0.4, 0.5) is 11.4 Å². The van der Waals surface area contributed by atoms with Gasteiger partial charge in [0.1, 0.15) is 12.6 Å². The zero-order valence-corrected chi connectivity index (χ0v) is 27.2. The number of unbranched alkanes of at least 4 members (excludes halogenated alkanes) is 3. The predicted molar refractivity (Wildman–Crippen MR) is 173 cm³/mol. The molecule has 230 valence electrons. The fraction of sp³-hybridized carbons (Fsp3) is 0.594. The van der Waals surface area contributed by atoms with E-state index >= 15 is 0 Å². The average Bonchev–Trinajstić information content (AvgIpc) is 3.58. The van der Waals surface area contributed by atoms with Gasteiger partial charge in [-0.05, 0) is 57.4 Å². The number of halogens is 1. The van der Waals surface area contributed by atoms with Crippen LogP contribution >= 0.6 is 27.7 Å². The molecule has 2 bridgehead atoms. The lowest BCUT2D eigenvalue weighted by molar-refractivity contribution is -0.153. The molecule has 6 atom stereocenters. The molecule has 3 aliphatic rings. The first kappa shape index (κ1) is 32.6. The number of fused-ring (bicyclic) bond motifs is 1. The number of rotatable bonds is 16. The number of ether oxygens (including phenoxy) is 1. The maximum absolute atomic E-state index is 14.7. The molecule has 10 heteroatoms. The molecule has 0 aliphatic carbocycles. The normalized spacial score (nSPS) is 27.6. The third kappa shape index (κ3) is 6.04. The lowest BCUT2D eigenvalue weighted by Crippen LogP contribution is -2.55. The molecule has 3 saturated heterocycles. The quantitative estimate of drug-likeness (QED) is 0.118. The molecule has 3 heterocycles. The van der Waals surface area contributed by atoms with Crippen molar-refractivity contribution in [3.8, 4) is 0 Å². The summed E-state index contributed by atoms with van der Waals surface area (Å²) in [4.78, 5) is 48.0. The summed E-state index contributed by atoms with van der Waals surface area (Å²) in [5.41, 5.74) is 1.84. The van der Waals surface area contributed by atoms with Crippen molar-refractivity contribution in [2.45, 2.75) is 66.8 Å². The summed E-state index contributed by atoms with van der Waals surface area (Å²) in [5.74, 6) is -1.94. The summed E-state index contributed by atoms with van der Waals surface area (Å²) >= 11 is 5.41. The van der Waals surface area contributed by atoms with Crippen molar-refractivity contribution in [1.82, 2.24) is 4.90 Å². The monoisotopic (exact) mass is 661 g/mol. The second-order valence-electron chi connectivity index (χ2n) is 11.2. The highest BCUT2D eigenvalue weighted by atomic mass is 79.9. The lowest BCUT2D eigenvalue weighted by atomic mass is 9.71.